The molecule has 1 aliphatic rings. The van der Waals surface area contributed by atoms with E-state index in [-0.39, 0.29) is 16.6 Å². The van der Waals surface area contributed by atoms with Gasteiger partial charge in [-0.2, -0.15) is 0 Å². The second kappa shape index (κ2) is 3.56. The molecule has 0 aromatic heterocycles. The largest absolute Gasteiger partial charge is 0.366 e. The molecule has 0 amide bonds. The van der Waals surface area contributed by atoms with Gasteiger partial charge in [-0.25, -0.2) is 0 Å². The van der Waals surface area contributed by atoms with Crippen LogP contribution in [-0.4, -0.2) is 11.2 Å². The van der Waals surface area contributed by atoms with E-state index in [0.717, 1.165) is 5.69 Å². The van der Waals surface area contributed by atoms with Crippen LogP contribution in [0.2, 0.25) is 0 Å². The highest BCUT2D eigenvalue weighted by atomic mass is 32.2. The maximum Gasteiger partial charge on any atom is 0.170 e. The Bertz CT molecular complexity index is 370. The molecule has 3 heteroatoms. The molecule has 0 saturated heterocycles. The standard InChI is InChI=1S/C12H15NOS/c1-12(2,3)10(14)11-13-8-6-4-5-7-9(8)15-11/h4-7,11,13H,1-3H3. The minimum Gasteiger partial charge on any atom is -0.366 e. The zero-order valence-corrected chi connectivity index (χ0v) is 10.0. The zero-order chi connectivity index (χ0) is 11.1. The number of para-hydroxylation sites is 1. The Morgan fingerprint density at radius 1 is 1.33 bits per heavy atom. The van der Waals surface area contributed by atoms with E-state index in [4.69, 9.17) is 0 Å². The third kappa shape index (κ3) is 2.02. The molecule has 80 valence electrons. The number of fused-ring (bicyclic) bond motifs is 1. The highest BCUT2D eigenvalue weighted by Crippen LogP contribution is 2.40. The fraction of sp³-hybridized carbons (Fsp3) is 0.417. The van der Waals surface area contributed by atoms with Gasteiger partial charge in [0, 0.05) is 16.0 Å². The van der Waals surface area contributed by atoms with Crippen LogP contribution in [-0.2, 0) is 4.79 Å². The van der Waals surface area contributed by atoms with Crippen LogP contribution in [0.25, 0.3) is 0 Å². The predicted octanol–water partition coefficient (Wildman–Crippen LogP) is 3.15. The lowest BCUT2D eigenvalue weighted by Gasteiger charge is -2.20. The van der Waals surface area contributed by atoms with Gasteiger partial charge in [0.2, 0.25) is 0 Å². The summed E-state index contributed by atoms with van der Waals surface area (Å²) in [5, 5.41) is 3.13. The first kappa shape index (κ1) is 10.6. The van der Waals surface area contributed by atoms with Gasteiger partial charge in [-0.05, 0) is 12.1 Å². The van der Waals surface area contributed by atoms with Crippen molar-refractivity contribution in [2.75, 3.05) is 5.32 Å². The van der Waals surface area contributed by atoms with Crippen LogP contribution in [0.1, 0.15) is 20.8 Å². The Balaban J connectivity index is 2.17. The van der Waals surface area contributed by atoms with E-state index in [0.29, 0.717) is 0 Å². The Morgan fingerprint density at radius 3 is 2.60 bits per heavy atom. The third-order valence-electron chi connectivity index (χ3n) is 2.40. The van der Waals surface area contributed by atoms with Crippen LogP contribution >= 0.6 is 11.8 Å². The molecule has 0 bridgehead atoms. The number of nitrogens with one attached hydrogen (secondary N) is 1. The summed E-state index contributed by atoms with van der Waals surface area (Å²) in [5.41, 5.74) is 0.789. The van der Waals surface area contributed by atoms with Crippen LogP contribution in [0, 0.1) is 5.41 Å². The van der Waals surface area contributed by atoms with Crippen molar-refractivity contribution in [3.63, 3.8) is 0 Å². The Kier molecular flexibility index (Phi) is 2.51. The van der Waals surface area contributed by atoms with Crippen molar-refractivity contribution in [2.24, 2.45) is 5.41 Å². The molecule has 1 atom stereocenters. The molecule has 1 heterocycles. The molecular weight excluding hydrogens is 206 g/mol. The Hall–Kier alpha value is -0.960. The molecule has 2 rings (SSSR count). The van der Waals surface area contributed by atoms with Crippen molar-refractivity contribution < 1.29 is 4.79 Å². The summed E-state index contributed by atoms with van der Waals surface area (Å²) in [6.07, 6.45) is 0. The molecule has 15 heavy (non-hydrogen) atoms. The first-order valence-electron chi connectivity index (χ1n) is 5.05. The SMILES string of the molecule is CC(C)(C)C(=O)C1Nc2ccccc2S1. The van der Waals surface area contributed by atoms with E-state index >= 15 is 0 Å². The number of anilines is 1. The van der Waals surface area contributed by atoms with Crippen molar-refractivity contribution >= 4 is 23.2 Å². The van der Waals surface area contributed by atoms with Crippen molar-refractivity contribution in [1.29, 1.82) is 0 Å². The summed E-state index contributed by atoms with van der Waals surface area (Å²) >= 11 is 1.61. The summed E-state index contributed by atoms with van der Waals surface area (Å²) in [4.78, 5) is 13.2. The maximum atomic E-state index is 12.1. The van der Waals surface area contributed by atoms with E-state index in [9.17, 15) is 4.79 Å². The normalized spacial score (nSPS) is 19.5. The van der Waals surface area contributed by atoms with Crippen molar-refractivity contribution in [2.45, 2.75) is 31.0 Å². The highest BCUT2D eigenvalue weighted by Gasteiger charge is 2.34. The number of ketones is 1. The lowest BCUT2D eigenvalue weighted by molar-refractivity contribution is -0.125. The van der Waals surface area contributed by atoms with Gasteiger partial charge in [-0.15, -0.1) is 0 Å². The molecule has 1 aliphatic heterocycles. The van der Waals surface area contributed by atoms with Crippen LogP contribution in [0.5, 0.6) is 0 Å². The van der Waals surface area contributed by atoms with Crippen molar-refractivity contribution in [3.05, 3.63) is 24.3 Å². The number of hydrogen-bond donors (Lipinski definition) is 1. The lowest BCUT2D eigenvalue weighted by atomic mass is 9.90. The summed E-state index contributed by atoms with van der Waals surface area (Å²) in [7, 11) is 0. The van der Waals surface area contributed by atoms with Crippen LogP contribution in [0.15, 0.2) is 29.2 Å². The molecule has 1 aromatic carbocycles. The van der Waals surface area contributed by atoms with E-state index in [1.165, 1.54) is 4.90 Å². The van der Waals surface area contributed by atoms with Crippen LogP contribution < -0.4 is 5.32 Å². The first-order chi connectivity index (χ1) is 6.98. The highest BCUT2D eigenvalue weighted by molar-refractivity contribution is 8.01. The number of rotatable bonds is 1. The first-order valence-corrected chi connectivity index (χ1v) is 5.93. The van der Waals surface area contributed by atoms with Gasteiger partial charge >= 0.3 is 0 Å². The molecule has 0 radical (unpaired) electrons. The summed E-state index contributed by atoms with van der Waals surface area (Å²) in [6.45, 7) is 5.88. The lowest BCUT2D eigenvalue weighted by Crippen LogP contribution is -2.33. The van der Waals surface area contributed by atoms with Gasteiger partial charge in [-0.1, -0.05) is 44.7 Å². The fourth-order valence-corrected chi connectivity index (χ4v) is 2.81. The number of carbonyl (C=O) groups is 1. The topological polar surface area (TPSA) is 29.1 Å². The second-order valence-electron chi connectivity index (χ2n) is 4.75. The number of carbonyl (C=O) groups excluding carboxylic acids is 1. The van der Waals surface area contributed by atoms with Gasteiger partial charge in [-0.3, -0.25) is 4.79 Å². The van der Waals surface area contributed by atoms with Gasteiger partial charge in [0.15, 0.2) is 5.78 Å². The van der Waals surface area contributed by atoms with Crippen LogP contribution in [0.3, 0.4) is 0 Å². The number of hydrogen-bond acceptors (Lipinski definition) is 3. The number of benzene rings is 1. The average Bonchev–Trinajstić information content (AvgIpc) is 2.58. The second-order valence-corrected chi connectivity index (χ2v) is 5.90. The van der Waals surface area contributed by atoms with Gasteiger partial charge in [0.1, 0.15) is 5.37 Å². The van der Waals surface area contributed by atoms with Crippen molar-refractivity contribution in [1.82, 2.24) is 0 Å². The Morgan fingerprint density at radius 2 is 2.00 bits per heavy atom. The van der Waals surface area contributed by atoms with Gasteiger partial charge in [0.05, 0.1) is 0 Å². The van der Waals surface area contributed by atoms with E-state index in [1.807, 2.05) is 45.0 Å². The quantitative estimate of drug-likeness (QED) is 0.790. The monoisotopic (exact) mass is 221 g/mol. The molecular formula is C12H15NOS. The minimum atomic E-state index is -0.285. The van der Waals surface area contributed by atoms with Crippen molar-refractivity contribution in [3.8, 4) is 0 Å². The summed E-state index contributed by atoms with van der Waals surface area (Å²) < 4.78 is 0. The van der Waals surface area contributed by atoms with Gasteiger partial charge < -0.3 is 5.32 Å². The van der Waals surface area contributed by atoms with E-state index in [2.05, 4.69) is 5.32 Å². The zero-order valence-electron chi connectivity index (χ0n) is 9.20. The van der Waals surface area contributed by atoms with Gasteiger partial charge in [0.25, 0.3) is 0 Å². The van der Waals surface area contributed by atoms with E-state index in [1.54, 1.807) is 11.8 Å². The third-order valence-corrected chi connectivity index (χ3v) is 3.57. The molecule has 1 unspecified atom stereocenters. The number of thioether (sulfide) groups is 1. The molecule has 0 aliphatic carbocycles. The molecule has 1 N–H and O–H groups in total. The molecule has 0 spiro atoms. The molecule has 0 fully saturated rings. The molecule has 1 aromatic rings. The maximum absolute atomic E-state index is 12.1. The number of Topliss-reactive ketones (excluding diaryl/α,β-unsaturated/α-hetero) is 1. The summed E-state index contributed by atoms with van der Waals surface area (Å²) in [5.74, 6) is 0.253. The molecule has 2 nitrogen and oxygen atoms in total. The smallest absolute Gasteiger partial charge is 0.170 e. The average molecular weight is 221 g/mol. The fourth-order valence-electron chi connectivity index (χ4n) is 1.50. The van der Waals surface area contributed by atoms with Crippen LogP contribution in [0.4, 0.5) is 5.69 Å². The van der Waals surface area contributed by atoms with E-state index < -0.39 is 0 Å². The Labute approximate surface area is 94.4 Å². The predicted molar refractivity (Wildman–Crippen MR) is 64.2 cm³/mol. The molecule has 0 saturated carbocycles. The summed E-state index contributed by atoms with van der Waals surface area (Å²) in [6, 6.07) is 8.04. The minimum absolute atomic E-state index is 0.123.